The van der Waals surface area contributed by atoms with Gasteiger partial charge in [0.05, 0.1) is 11.3 Å². The molecule has 1 heterocycles. The van der Waals surface area contributed by atoms with Crippen molar-refractivity contribution in [2.24, 2.45) is 22.2 Å². The smallest absolute Gasteiger partial charge is 0.175 e. The first-order chi connectivity index (χ1) is 9.84. The molecule has 2 rings (SSSR count). The summed E-state index contributed by atoms with van der Waals surface area (Å²) in [6.45, 7) is 8.50. The third kappa shape index (κ3) is 3.28. The van der Waals surface area contributed by atoms with Gasteiger partial charge in [-0.25, -0.2) is 4.39 Å². The average molecular weight is 293 g/mol. The normalized spacial score (nSPS) is 18.1. The van der Waals surface area contributed by atoms with E-state index in [0.717, 1.165) is 25.9 Å². The van der Waals surface area contributed by atoms with Crippen molar-refractivity contribution >= 4 is 11.5 Å². The van der Waals surface area contributed by atoms with E-state index < -0.39 is 5.82 Å². The maximum Gasteiger partial charge on any atom is 0.175 e. The third-order valence-electron chi connectivity index (χ3n) is 4.42. The van der Waals surface area contributed by atoms with Crippen LogP contribution >= 0.6 is 0 Å². The monoisotopic (exact) mass is 293 g/mol. The maximum atomic E-state index is 14.0. The highest BCUT2D eigenvalue weighted by molar-refractivity contribution is 6.02. The van der Waals surface area contributed by atoms with Gasteiger partial charge in [-0.05, 0) is 36.3 Å². The van der Waals surface area contributed by atoms with E-state index in [1.54, 1.807) is 6.07 Å². The summed E-state index contributed by atoms with van der Waals surface area (Å²) in [5.74, 6) is 0.0244. The molecule has 0 aromatic heterocycles. The van der Waals surface area contributed by atoms with Gasteiger partial charge in [0, 0.05) is 13.1 Å². The van der Waals surface area contributed by atoms with Crippen molar-refractivity contribution in [2.75, 3.05) is 18.0 Å². The van der Waals surface area contributed by atoms with Crippen LogP contribution in [0.1, 0.15) is 39.2 Å². The molecule has 0 atom stereocenters. The second-order valence-corrected chi connectivity index (χ2v) is 6.75. The molecule has 0 saturated carbocycles. The van der Waals surface area contributed by atoms with E-state index in [1.165, 1.54) is 6.07 Å². The van der Waals surface area contributed by atoms with Crippen LogP contribution in [0.4, 0.5) is 10.1 Å². The highest BCUT2D eigenvalue weighted by Crippen LogP contribution is 2.36. The van der Waals surface area contributed by atoms with Crippen molar-refractivity contribution < 1.29 is 9.60 Å². The van der Waals surface area contributed by atoms with Crippen LogP contribution in [0.15, 0.2) is 23.4 Å². The van der Waals surface area contributed by atoms with Gasteiger partial charge in [-0.3, -0.25) is 0 Å². The van der Waals surface area contributed by atoms with Crippen molar-refractivity contribution in [3.8, 4) is 0 Å². The number of nitrogens with two attached hydrogens (primary N) is 1. The summed E-state index contributed by atoms with van der Waals surface area (Å²) in [4.78, 5) is 2.12. The lowest BCUT2D eigenvalue weighted by Crippen LogP contribution is -2.39. The molecule has 1 aliphatic rings. The van der Waals surface area contributed by atoms with Gasteiger partial charge in [0.25, 0.3) is 0 Å². The summed E-state index contributed by atoms with van der Waals surface area (Å²) >= 11 is 0. The van der Waals surface area contributed by atoms with Gasteiger partial charge in [-0.2, -0.15) is 0 Å². The lowest BCUT2D eigenvalue weighted by molar-refractivity contribution is 0.199. The zero-order valence-electron chi connectivity index (χ0n) is 12.9. The summed E-state index contributed by atoms with van der Waals surface area (Å²) in [6, 6.07) is 4.82. The Morgan fingerprint density at radius 3 is 2.48 bits per heavy atom. The van der Waals surface area contributed by atoms with E-state index in [4.69, 9.17) is 10.9 Å². The summed E-state index contributed by atoms with van der Waals surface area (Å²) in [5.41, 5.74) is 6.82. The fraction of sp³-hybridized carbons (Fsp3) is 0.562. The van der Waals surface area contributed by atoms with Gasteiger partial charge in [-0.15, -0.1) is 0 Å². The molecule has 3 N–H and O–H groups in total. The predicted molar refractivity (Wildman–Crippen MR) is 83.3 cm³/mol. The molecular weight excluding hydrogens is 269 g/mol. The van der Waals surface area contributed by atoms with Gasteiger partial charge < -0.3 is 15.8 Å². The largest absolute Gasteiger partial charge is 0.409 e. The molecular formula is C16H24FN3O. The number of amidine groups is 1. The zero-order valence-corrected chi connectivity index (χ0v) is 12.9. The molecule has 0 spiro atoms. The number of benzene rings is 1. The van der Waals surface area contributed by atoms with Crippen LogP contribution in [0.3, 0.4) is 0 Å². The fourth-order valence-electron chi connectivity index (χ4n) is 3.07. The summed E-state index contributed by atoms with van der Waals surface area (Å²) < 4.78 is 14.0. The van der Waals surface area contributed by atoms with E-state index in [0.29, 0.717) is 17.0 Å². The molecule has 1 aliphatic heterocycles. The number of halogens is 1. The van der Waals surface area contributed by atoms with E-state index in [2.05, 4.69) is 30.8 Å². The van der Waals surface area contributed by atoms with Gasteiger partial charge in [0.15, 0.2) is 5.84 Å². The maximum absolute atomic E-state index is 14.0. The van der Waals surface area contributed by atoms with Crippen LogP contribution in [-0.4, -0.2) is 24.1 Å². The van der Waals surface area contributed by atoms with Gasteiger partial charge >= 0.3 is 0 Å². The standard InChI is InChI=1S/C16H24FN3O/c1-16(2,3)11-7-9-20(10-8-11)13-6-4-5-12(17)14(13)15(18)19-21/h4-6,11,21H,7-10H2,1-3H3,(H2,18,19). The van der Waals surface area contributed by atoms with Crippen molar-refractivity contribution in [1.82, 2.24) is 0 Å². The van der Waals surface area contributed by atoms with E-state index >= 15 is 0 Å². The number of anilines is 1. The summed E-state index contributed by atoms with van der Waals surface area (Å²) in [7, 11) is 0. The molecule has 0 aliphatic carbocycles. The van der Waals surface area contributed by atoms with Crippen molar-refractivity contribution in [2.45, 2.75) is 33.6 Å². The van der Waals surface area contributed by atoms with E-state index in [-0.39, 0.29) is 11.4 Å². The molecule has 1 aromatic carbocycles. The average Bonchev–Trinajstić information content (AvgIpc) is 2.45. The lowest BCUT2D eigenvalue weighted by Gasteiger charge is -2.40. The Labute approximate surface area is 125 Å². The molecule has 1 aromatic rings. The Morgan fingerprint density at radius 2 is 1.95 bits per heavy atom. The van der Waals surface area contributed by atoms with Crippen LogP contribution in [-0.2, 0) is 0 Å². The second-order valence-electron chi connectivity index (χ2n) is 6.75. The predicted octanol–water partition coefficient (Wildman–Crippen LogP) is 3.18. The number of nitrogens with zero attached hydrogens (tertiary/aromatic N) is 2. The second kappa shape index (κ2) is 5.92. The van der Waals surface area contributed by atoms with Crippen LogP contribution in [0, 0.1) is 17.2 Å². The highest BCUT2D eigenvalue weighted by atomic mass is 19.1. The minimum Gasteiger partial charge on any atom is -0.409 e. The van der Waals surface area contributed by atoms with E-state index in [9.17, 15) is 4.39 Å². The van der Waals surface area contributed by atoms with Crippen LogP contribution in [0.25, 0.3) is 0 Å². The Morgan fingerprint density at radius 1 is 1.33 bits per heavy atom. The number of hydrogen-bond donors (Lipinski definition) is 2. The van der Waals surface area contributed by atoms with Gasteiger partial charge in [0.1, 0.15) is 5.82 Å². The van der Waals surface area contributed by atoms with E-state index in [1.807, 2.05) is 6.07 Å². The molecule has 4 nitrogen and oxygen atoms in total. The number of rotatable bonds is 2. The molecule has 0 radical (unpaired) electrons. The SMILES string of the molecule is CC(C)(C)C1CCN(c2cccc(F)c2C(N)=NO)CC1. The first-order valence-corrected chi connectivity index (χ1v) is 7.36. The van der Waals surface area contributed by atoms with Crippen LogP contribution < -0.4 is 10.6 Å². The highest BCUT2D eigenvalue weighted by Gasteiger charge is 2.30. The number of piperidine rings is 1. The first-order valence-electron chi connectivity index (χ1n) is 7.36. The molecule has 5 heteroatoms. The van der Waals surface area contributed by atoms with Crippen molar-refractivity contribution in [3.05, 3.63) is 29.6 Å². The summed E-state index contributed by atoms with van der Waals surface area (Å²) in [5, 5.41) is 11.8. The minimum atomic E-state index is -0.458. The van der Waals surface area contributed by atoms with Crippen LogP contribution in [0.5, 0.6) is 0 Å². The number of oxime groups is 1. The minimum absolute atomic E-state index is 0.180. The Hall–Kier alpha value is -1.78. The van der Waals surface area contributed by atoms with Crippen molar-refractivity contribution in [3.63, 3.8) is 0 Å². The number of hydrogen-bond acceptors (Lipinski definition) is 3. The molecule has 1 fully saturated rings. The van der Waals surface area contributed by atoms with Crippen molar-refractivity contribution in [1.29, 1.82) is 0 Å². The fourth-order valence-corrected chi connectivity index (χ4v) is 3.07. The summed E-state index contributed by atoms with van der Waals surface area (Å²) in [6.07, 6.45) is 2.13. The third-order valence-corrected chi connectivity index (χ3v) is 4.42. The molecule has 116 valence electrons. The lowest BCUT2D eigenvalue weighted by atomic mass is 9.75. The van der Waals surface area contributed by atoms with Crippen LogP contribution in [0.2, 0.25) is 0 Å². The Bertz CT molecular complexity index is 529. The molecule has 21 heavy (non-hydrogen) atoms. The quantitative estimate of drug-likeness (QED) is 0.381. The van der Waals surface area contributed by atoms with Gasteiger partial charge in [-0.1, -0.05) is 32.0 Å². The molecule has 0 amide bonds. The Kier molecular flexibility index (Phi) is 4.40. The molecule has 0 unspecified atom stereocenters. The topological polar surface area (TPSA) is 61.8 Å². The molecule has 1 saturated heterocycles. The first kappa shape index (κ1) is 15.6. The van der Waals surface area contributed by atoms with Gasteiger partial charge in [0.2, 0.25) is 0 Å². The molecule has 0 bridgehead atoms. The Balaban J connectivity index is 2.23. The zero-order chi connectivity index (χ0) is 15.6.